The van der Waals surface area contributed by atoms with Gasteiger partial charge in [-0.3, -0.25) is 4.99 Å². The van der Waals surface area contributed by atoms with E-state index in [0.717, 1.165) is 44.3 Å². The lowest BCUT2D eigenvalue weighted by Crippen LogP contribution is -2.40. The minimum absolute atomic E-state index is 0. The number of methoxy groups -OCH3 is 1. The number of hydrogen-bond acceptors (Lipinski definition) is 4. The van der Waals surface area contributed by atoms with E-state index in [2.05, 4.69) is 70.4 Å². The van der Waals surface area contributed by atoms with Crippen LogP contribution in [-0.4, -0.2) is 47.5 Å². The zero-order valence-corrected chi connectivity index (χ0v) is 19.6. The number of guanidine groups is 1. The normalized spacial score (nSPS) is 12.4. The molecule has 28 heavy (non-hydrogen) atoms. The monoisotopic (exact) mass is 500 g/mol. The summed E-state index contributed by atoms with van der Waals surface area (Å²) in [5, 5.41) is 15.1. The molecule has 2 rings (SSSR count). The highest BCUT2D eigenvalue weighted by atomic mass is 127. The van der Waals surface area contributed by atoms with Crippen molar-refractivity contribution in [3.8, 4) is 0 Å². The van der Waals surface area contributed by atoms with Gasteiger partial charge in [0, 0.05) is 39.8 Å². The number of aryl methyl sites for hydroxylation is 2. The maximum absolute atomic E-state index is 5.12. The highest BCUT2D eigenvalue weighted by molar-refractivity contribution is 14.0. The summed E-state index contributed by atoms with van der Waals surface area (Å²) < 4.78 is 7.19. The first-order chi connectivity index (χ1) is 13.2. The fourth-order valence-electron chi connectivity index (χ4n) is 2.94. The summed E-state index contributed by atoms with van der Waals surface area (Å²) in [6, 6.07) is 8.59. The van der Waals surface area contributed by atoms with Crippen molar-refractivity contribution >= 4 is 29.9 Å². The highest BCUT2D eigenvalue weighted by Crippen LogP contribution is 2.16. The minimum atomic E-state index is 0. The molecule has 1 heterocycles. The van der Waals surface area contributed by atoms with E-state index in [0.29, 0.717) is 6.61 Å². The Morgan fingerprint density at radius 1 is 1.32 bits per heavy atom. The van der Waals surface area contributed by atoms with Crippen LogP contribution in [0.25, 0.3) is 0 Å². The Morgan fingerprint density at radius 3 is 2.82 bits per heavy atom. The van der Waals surface area contributed by atoms with Crippen LogP contribution in [0.4, 0.5) is 0 Å². The first kappa shape index (κ1) is 24.4. The molecule has 0 fully saturated rings. The zero-order chi connectivity index (χ0) is 19.5. The molecule has 156 valence electrons. The summed E-state index contributed by atoms with van der Waals surface area (Å²) in [6.07, 6.45) is 3.55. The van der Waals surface area contributed by atoms with Gasteiger partial charge in [0.05, 0.1) is 6.04 Å². The van der Waals surface area contributed by atoms with Gasteiger partial charge in [-0.05, 0) is 31.4 Å². The van der Waals surface area contributed by atoms with Gasteiger partial charge < -0.3 is 19.9 Å². The van der Waals surface area contributed by atoms with Gasteiger partial charge in [0.15, 0.2) is 5.96 Å². The van der Waals surface area contributed by atoms with Gasteiger partial charge in [-0.2, -0.15) is 0 Å². The van der Waals surface area contributed by atoms with Crippen molar-refractivity contribution in [3.05, 3.63) is 47.5 Å². The molecule has 2 aromatic rings. The molecule has 1 atom stereocenters. The number of nitrogens with zero attached hydrogens (tertiary/aromatic N) is 4. The van der Waals surface area contributed by atoms with E-state index in [4.69, 9.17) is 9.73 Å². The van der Waals surface area contributed by atoms with Crippen molar-refractivity contribution in [1.29, 1.82) is 0 Å². The second-order valence-corrected chi connectivity index (χ2v) is 6.52. The van der Waals surface area contributed by atoms with Gasteiger partial charge in [-0.25, -0.2) is 0 Å². The first-order valence-corrected chi connectivity index (χ1v) is 9.61. The predicted octanol–water partition coefficient (Wildman–Crippen LogP) is 3.10. The molecule has 0 amide bonds. The molecular weight excluding hydrogens is 467 g/mol. The Labute approximate surface area is 185 Å². The molecule has 0 aliphatic carbocycles. The molecule has 0 aliphatic rings. The highest BCUT2D eigenvalue weighted by Gasteiger charge is 2.10. The fraction of sp³-hybridized carbons (Fsp3) is 0.550. The zero-order valence-electron chi connectivity index (χ0n) is 17.3. The number of aliphatic imine (C=N–C) groups is 1. The number of nitrogens with one attached hydrogen (secondary N) is 2. The molecule has 0 spiro atoms. The van der Waals surface area contributed by atoms with Gasteiger partial charge in [0.1, 0.15) is 12.2 Å². The van der Waals surface area contributed by atoms with Gasteiger partial charge in [-0.1, -0.05) is 31.2 Å². The van der Waals surface area contributed by atoms with E-state index in [-0.39, 0.29) is 30.0 Å². The van der Waals surface area contributed by atoms with E-state index in [9.17, 15) is 0 Å². The molecular formula is C20H33IN6O. The Bertz CT molecular complexity index is 718. The average molecular weight is 500 g/mol. The van der Waals surface area contributed by atoms with Gasteiger partial charge in [0.25, 0.3) is 0 Å². The summed E-state index contributed by atoms with van der Waals surface area (Å²) in [7, 11) is 1.71. The van der Waals surface area contributed by atoms with Crippen LogP contribution in [0.5, 0.6) is 0 Å². The molecule has 0 saturated heterocycles. The van der Waals surface area contributed by atoms with Crippen molar-refractivity contribution in [1.82, 2.24) is 25.4 Å². The number of hydrogen-bond donors (Lipinski definition) is 2. The van der Waals surface area contributed by atoms with Crippen LogP contribution in [0.15, 0.2) is 35.6 Å². The van der Waals surface area contributed by atoms with E-state index in [1.165, 1.54) is 11.1 Å². The van der Waals surface area contributed by atoms with Crippen molar-refractivity contribution in [3.63, 3.8) is 0 Å². The number of aromatic nitrogens is 3. The predicted molar refractivity (Wildman–Crippen MR) is 124 cm³/mol. The van der Waals surface area contributed by atoms with Crippen molar-refractivity contribution in [2.24, 2.45) is 4.99 Å². The fourth-order valence-corrected chi connectivity index (χ4v) is 2.94. The van der Waals surface area contributed by atoms with Gasteiger partial charge in [-0.15, -0.1) is 34.2 Å². The van der Waals surface area contributed by atoms with Crippen molar-refractivity contribution in [2.45, 2.75) is 46.2 Å². The first-order valence-electron chi connectivity index (χ1n) is 9.61. The summed E-state index contributed by atoms with van der Waals surface area (Å²) in [5.41, 5.74) is 2.55. The minimum Gasteiger partial charge on any atom is -0.385 e. The quantitative estimate of drug-likeness (QED) is 0.227. The topological polar surface area (TPSA) is 76.4 Å². The van der Waals surface area contributed by atoms with E-state index >= 15 is 0 Å². The number of rotatable bonds is 10. The van der Waals surface area contributed by atoms with Crippen LogP contribution in [0.3, 0.4) is 0 Å². The maximum atomic E-state index is 5.12. The van der Waals surface area contributed by atoms with Crippen molar-refractivity contribution in [2.75, 3.05) is 26.8 Å². The lowest BCUT2D eigenvalue weighted by atomic mass is 10.0. The Hall–Kier alpha value is -1.68. The Balaban J connectivity index is 0.00000392. The molecule has 1 aromatic heterocycles. The second-order valence-electron chi connectivity index (χ2n) is 6.52. The van der Waals surface area contributed by atoms with E-state index < -0.39 is 0 Å². The standard InChI is InChI=1S/C20H32N6O.HI/c1-5-19-25-23-15-26(19)13-12-22-20(21-11-8-14-27-4)24-17(3)18-10-7-6-9-16(18)2;/h6-7,9-10,15,17H,5,8,11-14H2,1-4H3,(H2,21,22,24);1H. The van der Waals surface area contributed by atoms with Crippen LogP contribution >= 0.6 is 24.0 Å². The maximum Gasteiger partial charge on any atom is 0.191 e. The SMILES string of the molecule is CCc1nncn1CCNC(=NCCCOC)NC(C)c1ccccc1C.I. The molecule has 1 unspecified atom stereocenters. The third-order valence-electron chi connectivity index (χ3n) is 4.44. The lowest BCUT2D eigenvalue weighted by molar-refractivity contribution is 0.197. The van der Waals surface area contributed by atoms with E-state index in [1.807, 2.05) is 0 Å². The molecule has 8 heteroatoms. The molecule has 7 nitrogen and oxygen atoms in total. The lowest BCUT2D eigenvalue weighted by Gasteiger charge is -2.20. The molecule has 0 aliphatic heterocycles. The molecule has 0 bridgehead atoms. The smallest absolute Gasteiger partial charge is 0.191 e. The number of benzene rings is 1. The largest absolute Gasteiger partial charge is 0.385 e. The van der Waals surface area contributed by atoms with E-state index in [1.54, 1.807) is 13.4 Å². The molecule has 1 aromatic carbocycles. The van der Waals surface area contributed by atoms with Crippen LogP contribution in [-0.2, 0) is 17.7 Å². The third-order valence-corrected chi connectivity index (χ3v) is 4.44. The summed E-state index contributed by atoms with van der Waals surface area (Å²) >= 11 is 0. The summed E-state index contributed by atoms with van der Waals surface area (Å²) in [4.78, 5) is 4.69. The van der Waals surface area contributed by atoms with Gasteiger partial charge in [0.2, 0.25) is 0 Å². The number of halogens is 1. The van der Waals surface area contributed by atoms with Gasteiger partial charge >= 0.3 is 0 Å². The molecule has 0 radical (unpaired) electrons. The van der Waals surface area contributed by atoms with Crippen LogP contribution in [0.1, 0.15) is 43.3 Å². The molecule has 0 saturated carbocycles. The van der Waals surface area contributed by atoms with Crippen LogP contribution in [0, 0.1) is 6.92 Å². The second kappa shape index (κ2) is 13.5. The van der Waals surface area contributed by atoms with Crippen molar-refractivity contribution < 1.29 is 4.74 Å². The summed E-state index contributed by atoms with van der Waals surface area (Å²) in [6.45, 7) is 9.36. The average Bonchev–Trinajstić information content (AvgIpc) is 3.12. The third kappa shape index (κ3) is 7.75. The number of ether oxygens (including phenoxy) is 1. The summed E-state index contributed by atoms with van der Waals surface area (Å²) in [5.74, 6) is 1.81. The van der Waals surface area contributed by atoms with Crippen LogP contribution < -0.4 is 10.6 Å². The van der Waals surface area contributed by atoms with Crippen LogP contribution in [0.2, 0.25) is 0 Å². The Kier molecular flexibility index (Phi) is 11.7. The Morgan fingerprint density at radius 2 is 2.11 bits per heavy atom. The molecule has 2 N–H and O–H groups in total.